The lowest BCUT2D eigenvalue weighted by molar-refractivity contribution is 0.960. The van der Waals surface area contributed by atoms with Gasteiger partial charge >= 0.3 is 0 Å². The zero-order valence-corrected chi connectivity index (χ0v) is 11.2. The summed E-state index contributed by atoms with van der Waals surface area (Å²) < 4.78 is 0. The number of benzene rings is 1. The van der Waals surface area contributed by atoms with E-state index in [2.05, 4.69) is 48.2 Å². The molecule has 1 aromatic carbocycles. The molecule has 18 heavy (non-hydrogen) atoms. The average molecular weight is 241 g/mol. The van der Waals surface area contributed by atoms with Crippen molar-refractivity contribution >= 4 is 5.82 Å². The smallest absolute Gasteiger partial charge is 0.132 e. The van der Waals surface area contributed by atoms with Gasteiger partial charge in [-0.3, -0.25) is 0 Å². The van der Waals surface area contributed by atoms with E-state index in [1.54, 1.807) is 6.33 Å². The Morgan fingerprint density at radius 1 is 1.11 bits per heavy atom. The maximum Gasteiger partial charge on any atom is 0.132 e. The van der Waals surface area contributed by atoms with Crippen LogP contribution in [-0.2, 0) is 0 Å². The molecular weight excluding hydrogens is 222 g/mol. The summed E-state index contributed by atoms with van der Waals surface area (Å²) in [5, 5.41) is 3.34. The summed E-state index contributed by atoms with van der Waals surface area (Å²) in [5.74, 6) is 0.935. The first-order valence-electron chi connectivity index (χ1n) is 6.35. The summed E-state index contributed by atoms with van der Waals surface area (Å²) >= 11 is 0. The normalized spacial score (nSPS) is 10.4. The fraction of sp³-hybridized carbons (Fsp3) is 0.333. The first kappa shape index (κ1) is 12.6. The van der Waals surface area contributed by atoms with Gasteiger partial charge in [-0.25, -0.2) is 9.97 Å². The molecule has 0 atom stereocenters. The first-order chi connectivity index (χ1) is 8.74. The topological polar surface area (TPSA) is 37.8 Å². The molecule has 94 valence electrons. The molecule has 0 spiro atoms. The van der Waals surface area contributed by atoms with E-state index < -0.39 is 0 Å². The Kier molecular flexibility index (Phi) is 3.92. The summed E-state index contributed by atoms with van der Waals surface area (Å²) in [5.41, 5.74) is 4.54. The molecule has 0 aliphatic carbocycles. The largest absolute Gasteiger partial charge is 0.370 e. The van der Waals surface area contributed by atoms with Crippen LogP contribution in [0, 0.1) is 13.8 Å². The van der Waals surface area contributed by atoms with Gasteiger partial charge in [0.1, 0.15) is 12.1 Å². The summed E-state index contributed by atoms with van der Waals surface area (Å²) in [6.07, 6.45) is 2.72. The summed E-state index contributed by atoms with van der Waals surface area (Å²) in [6, 6.07) is 8.30. The molecule has 1 aromatic heterocycles. The Labute approximate surface area is 108 Å². The quantitative estimate of drug-likeness (QED) is 0.889. The van der Waals surface area contributed by atoms with Gasteiger partial charge in [-0.2, -0.15) is 0 Å². The lowest BCUT2D eigenvalue weighted by Crippen LogP contribution is -2.05. The molecule has 0 radical (unpaired) electrons. The van der Waals surface area contributed by atoms with Crippen LogP contribution < -0.4 is 5.32 Å². The summed E-state index contributed by atoms with van der Waals surface area (Å²) in [4.78, 5) is 8.74. The Morgan fingerprint density at radius 2 is 1.89 bits per heavy atom. The Hall–Kier alpha value is -1.90. The number of nitrogens with one attached hydrogen (secondary N) is 1. The molecule has 1 heterocycles. The number of rotatable bonds is 4. The van der Waals surface area contributed by atoms with E-state index in [0.717, 1.165) is 30.0 Å². The summed E-state index contributed by atoms with van der Waals surface area (Å²) in [6.45, 7) is 7.26. The number of hydrogen-bond acceptors (Lipinski definition) is 3. The van der Waals surface area contributed by atoms with E-state index in [-0.39, 0.29) is 0 Å². The fourth-order valence-corrected chi connectivity index (χ4v) is 1.98. The van der Waals surface area contributed by atoms with Crippen LogP contribution in [-0.4, -0.2) is 16.5 Å². The van der Waals surface area contributed by atoms with Crippen LogP contribution in [0.3, 0.4) is 0 Å². The molecule has 0 unspecified atom stereocenters. The van der Waals surface area contributed by atoms with Crippen molar-refractivity contribution in [1.29, 1.82) is 0 Å². The van der Waals surface area contributed by atoms with Crippen LogP contribution in [0.2, 0.25) is 0 Å². The van der Waals surface area contributed by atoms with Crippen molar-refractivity contribution in [3.05, 3.63) is 41.7 Å². The van der Waals surface area contributed by atoms with Gasteiger partial charge in [-0.15, -0.1) is 0 Å². The second-order valence-electron chi connectivity index (χ2n) is 4.44. The molecule has 2 aromatic rings. The lowest BCUT2D eigenvalue weighted by atomic mass is 10.0. The van der Waals surface area contributed by atoms with Crippen molar-refractivity contribution in [3.8, 4) is 11.3 Å². The number of anilines is 1. The second-order valence-corrected chi connectivity index (χ2v) is 4.44. The Bertz CT molecular complexity index is 535. The first-order valence-corrected chi connectivity index (χ1v) is 6.35. The lowest BCUT2D eigenvalue weighted by Gasteiger charge is -2.12. The van der Waals surface area contributed by atoms with E-state index >= 15 is 0 Å². The highest BCUT2D eigenvalue weighted by Crippen LogP contribution is 2.27. The Morgan fingerprint density at radius 3 is 2.61 bits per heavy atom. The van der Waals surface area contributed by atoms with Crippen molar-refractivity contribution < 1.29 is 0 Å². The minimum Gasteiger partial charge on any atom is -0.370 e. The van der Waals surface area contributed by atoms with Crippen LogP contribution in [0.15, 0.2) is 30.6 Å². The van der Waals surface area contributed by atoms with Crippen LogP contribution >= 0.6 is 0 Å². The Balaban J connectivity index is 2.43. The van der Waals surface area contributed by atoms with Gasteiger partial charge in [0.15, 0.2) is 0 Å². The second kappa shape index (κ2) is 5.63. The molecule has 2 rings (SSSR count). The SMILES string of the molecule is CCCNc1ncnc(-c2ccccc2C)c1C. The van der Waals surface area contributed by atoms with Crippen molar-refractivity contribution in [2.75, 3.05) is 11.9 Å². The maximum absolute atomic E-state index is 4.43. The van der Waals surface area contributed by atoms with E-state index in [1.807, 2.05) is 12.1 Å². The predicted molar refractivity (Wildman–Crippen MR) is 75.7 cm³/mol. The van der Waals surface area contributed by atoms with E-state index in [0.29, 0.717) is 0 Å². The van der Waals surface area contributed by atoms with Gasteiger partial charge in [0.25, 0.3) is 0 Å². The van der Waals surface area contributed by atoms with Crippen molar-refractivity contribution in [2.24, 2.45) is 0 Å². The van der Waals surface area contributed by atoms with Gasteiger partial charge in [0, 0.05) is 17.7 Å². The highest BCUT2D eigenvalue weighted by atomic mass is 15.0. The number of hydrogen-bond donors (Lipinski definition) is 1. The molecular formula is C15H19N3. The molecule has 0 bridgehead atoms. The zero-order valence-electron chi connectivity index (χ0n) is 11.2. The van der Waals surface area contributed by atoms with E-state index in [1.165, 1.54) is 11.1 Å². The fourth-order valence-electron chi connectivity index (χ4n) is 1.98. The minimum absolute atomic E-state index is 0.935. The van der Waals surface area contributed by atoms with E-state index in [4.69, 9.17) is 0 Å². The third kappa shape index (κ3) is 2.50. The number of nitrogens with zero attached hydrogens (tertiary/aromatic N) is 2. The molecule has 3 heteroatoms. The third-order valence-electron chi connectivity index (χ3n) is 3.03. The third-order valence-corrected chi connectivity index (χ3v) is 3.03. The minimum atomic E-state index is 0.935. The molecule has 0 aliphatic rings. The van der Waals surface area contributed by atoms with Gasteiger partial charge in [-0.05, 0) is 25.8 Å². The highest BCUT2D eigenvalue weighted by Gasteiger charge is 2.10. The van der Waals surface area contributed by atoms with Crippen LogP contribution in [0.1, 0.15) is 24.5 Å². The predicted octanol–water partition coefficient (Wildman–Crippen LogP) is 3.58. The van der Waals surface area contributed by atoms with Crippen LogP contribution in [0.25, 0.3) is 11.3 Å². The van der Waals surface area contributed by atoms with Crippen molar-refractivity contribution in [3.63, 3.8) is 0 Å². The van der Waals surface area contributed by atoms with Crippen LogP contribution in [0.4, 0.5) is 5.82 Å². The number of aryl methyl sites for hydroxylation is 1. The van der Waals surface area contributed by atoms with Gasteiger partial charge < -0.3 is 5.32 Å². The van der Waals surface area contributed by atoms with Crippen molar-refractivity contribution in [1.82, 2.24) is 9.97 Å². The van der Waals surface area contributed by atoms with Gasteiger partial charge in [0.2, 0.25) is 0 Å². The molecule has 0 aliphatic heterocycles. The van der Waals surface area contributed by atoms with Gasteiger partial charge in [-0.1, -0.05) is 31.2 Å². The van der Waals surface area contributed by atoms with Gasteiger partial charge in [0.05, 0.1) is 5.69 Å². The molecule has 0 amide bonds. The highest BCUT2D eigenvalue weighted by molar-refractivity contribution is 5.70. The van der Waals surface area contributed by atoms with Crippen molar-refractivity contribution in [2.45, 2.75) is 27.2 Å². The maximum atomic E-state index is 4.43. The molecule has 3 nitrogen and oxygen atoms in total. The standard InChI is InChI=1S/C15H19N3/c1-4-9-16-15-12(3)14(17-10-18-15)13-8-6-5-7-11(13)2/h5-8,10H,4,9H2,1-3H3,(H,16,17,18). The van der Waals surface area contributed by atoms with Crippen LogP contribution in [0.5, 0.6) is 0 Å². The molecule has 0 saturated carbocycles. The number of aromatic nitrogens is 2. The van der Waals surface area contributed by atoms with E-state index in [9.17, 15) is 0 Å². The molecule has 0 fully saturated rings. The monoisotopic (exact) mass is 241 g/mol. The zero-order chi connectivity index (χ0) is 13.0. The molecule has 0 saturated heterocycles. The molecule has 1 N–H and O–H groups in total. The average Bonchev–Trinajstić information content (AvgIpc) is 2.39. The summed E-state index contributed by atoms with van der Waals surface area (Å²) in [7, 11) is 0.